The summed E-state index contributed by atoms with van der Waals surface area (Å²) in [6.07, 6.45) is 6.21. The van der Waals surface area contributed by atoms with Gasteiger partial charge in [0.15, 0.2) is 6.19 Å². The van der Waals surface area contributed by atoms with E-state index in [1.54, 1.807) is 12.4 Å². The molecule has 2 N–H and O–H groups in total. The predicted molar refractivity (Wildman–Crippen MR) is 73.0 cm³/mol. The van der Waals surface area contributed by atoms with Crippen molar-refractivity contribution in [2.75, 3.05) is 5.32 Å². The van der Waals surface area contributed by atoms with E-state index in [0.29, 0.717) is 11.9 Å². The van der Waals surface area contributed by atoms with E-state index in [2.05, 4.69) is 41.4 Å². The van der Waals surface area contributed by atoms with Crippen molar-refractivity contribution in [3.63, 3.8) is 0 Å². The van der Waals surface area contributed by atoms with Crippen LogP contribution in [0.5, 0.6) is 0 Å². The lowest BCUT2D eigenvalue weighted by Gasteiger charge is -2.16. The zero-order valence-electron chi connectivity index (χ0n) is 11.0. The number of hydrogen-bond donors (Lipinski definition) is 2. The molecule has 0 aliphatic heterocycles. The highest BCUT2D eigenvalue weighted by Crippen LogP contribution is 2.11. The molecule has 0 aliphatic rings. The number of pyridine rings is 1. The van der Waals surface area contributed by atoms with Gasteiger partial charge in [0.1, 0.15) is 0 Å². The van der Waals surface area contributed by atoms with E-state index < -0.39 is 0 Å². The lowest BCUT2D eigenvalue weighted by Crippen LogP contribution is -2.29. The number of aromatic nitrogens is 1. The van der Waals surface area contributed by atoms with E-state index >= 15 is 0 Å². The monoisotopic (exact) mass is 245 g/mol. The fourth-order valence-corrected chi connectivity index (χ4v) is 1.60. The molecule has 0 amide bonds. The maximum atomic E-state index is 8.74. The fourth-order valence-electron chi connectivity index (χ4n) is 1.60. The molecule has 1 atom stereocenters. The molecule has 0 fully saturated rings. The van der Waals surface area contributed by atoms with Crippen molar-refractivity contribution >= 4 is 11.6 Å². The number of aliphatic imine (C=N–C) groups is 1. The Kier molecular flexibility index (Phi) is 5.65. The second-order valence-electron chi connectivity index (χ2n) is 4.30. The van der Waals surface area contributed by atoms with Crippen LogP contribution in [0.2, 0.25) is 0 Å². The van der Waals surface area contributed by atoms with Crippen LogP contribution in [0.3, 0.4) is 0 Å². The Morgan fingerprint density at radius 2 is 2.11 bits per heavy atom. The van der Waals surface area contributed by atoms with Crippen LogP contribution >= 0.6 is 0 Å². The number of guanidine groups is 1. The minimum atomic E-state index is 0.190. The molecule has 0 saturated heterocycles. The largest absolute Gasteiger partial charge is 0.325 e. The summed E-state index contributed by atoms with van der Waals surface area (Å²) in [5.41, 5.74) is 0.852. The molecule has 0 bridgehead atoms. The minimum Gasteiger partial charge on any atom is -0.325 e. The van der Waals surface area contributed by atoms with Crippen molar-refractivity contribution in [1.29, 1.82) is 5.26 Å². The lowest BCUT2D eigenvalue weighted by atomic mass is 10.0. The molecule has 1 heterocycles. The molecule has 96 valence electrons. The molecular weight excluding hydrogens is 226 g/mol. The van der Waals surface area contributed by atoms with Crippen LogP contribution in [0.1, 0.15) is 27.2 Å². The molecule has 1 aromatic heterocycles. The smallest absolute Gasteiger partial charge is 0.209 e. The summed E-state index contributed by atoms with van der Waals surface area (Å²) in [7, 11) is 0. The van der Waals surface area contributed by atoms with Gasteiger partial charge in [-0.1, -0.05) is 20.8 Å². The summed E-state index contributed by atoms with van der Waals surface area (Å²) in [6.45, 7) is 6.33. The predicted octanol–water partition coefficient (Wildman–Crippen LogP) is 2.35. The van der Waals surface area contributed by atoms with Gasteiger partial charge >= 0.3 is 0 Å². The van der Waals surface area contributed by atoms with E-state index in [-0.39, 0.29) is 6.04 Å². The van der Waals surface area contributed by atoms with Gasteiger partial charge in [0.2, 0.25) is 5.96 Å². The molecule has 0 saturated carbocycles. The molecule has 5 nitrogen and oxygen atoms in total. The first kappa shape index (κ1) is 14.0. The summed E-state index contributed by atoms with van der Waals surface area (Å²) >= 11 is 0. The van der Waals surface area contributed by atoms with Crippen LogP contribution < -0.4 is 10.6 Å². The van der Waals surface area contributed by atoms with Crippen LogP contribution in [0, 0.1) is 17.4 Å². The number of nitrogens with zero attached hydrogens (tertiary/aromatic N) is 3. The van der Waals surface area contributed by atoms with Crippen molar-refractivity contribution in [3.05, 3.63) is 24.5 Å². The van der Waals surface area contributed by atoms with Crippen LogP contribution in [-0.2, 0) is 0 Å². The van der Waals surface area contributed by atoms with Gasteiger partial charge in [-0.25, -0.2) is 4.99 Å². The highest BCUT2D eigenvalue weighted by Gasteiger charge is 2.11. The third-order valence-electron chi connectivity index (χ3n) is 2.60. The van der Waals surface area contributed by atoms with Gasteiger partial charge in [-0.2, -0.15) is 5.26 Å². The van der Waals surface area contributed by atoms with E-state index in [4.69, 9.17) is 5.26 Å². The molecule has 0 radical (unpaired) electrons. The average molecular weight is 245 g/mol. The van der Waals surface area contributed by atoms with Crippen molar-refractivity contribution in [1.82, 2.24) is 10.3 Å². The van der Waals surface area contributed by atoms with Gasteiger partial charge in [0, 0.05) is 18.1 Å². The third-order valence-corrected chi connectivity index (χ3v) is 2.60. The average Bonchev–Trinajstić information content (AvgIpc) is 2.36. The van der Waals surface area contributed by atoms with Crippen molar-refractivity contribution in [2.24, 2.45) is 10.9 Å². The quantitative estimate of drug-likeness (QED) is 0.369. The Balaban J connectivity index is 2.82. The second kappa shape index (κ2) is 7.28. The van der Waals surface area contributed by atoms with Crippen molar-refractivity contribution < 1.29 is 0 Å². The number of nitrogens with one attached hydrogen (secondary N) is 2. The Morgan fingerprint density at radius 3 is 2.61 bits per heavy atom. The summed E-state index contributed by atoms with van der Waals surface area (Å²) in [5.74, 6) is 0.911. The highest BCUT2D eigenvalue weighted by molar-refractivity contribution is 5.94. The maximum Gasteiger partial charge on any atom is 0.209 e. The topological polar surface area (TPSA) is 73.1 Å². The fraction of sp³-hybridized carbons (Fsp3) is 0.462. The van der Waals surface area contributed by atoms with Gasteiger partial charge in [0.25, 0.3) is 0 Å². The van der Waals surface area contributed by atoms with Crippen LogP contribution in [0.4, 0.5) is 5.69 Å². The maximum absolute atomic E-state index is 8.74. The van der Waals surface area contributed by atoms with Gasteiger partial charge < -0.3 is 5.32 Å². The third kappa shape index (κ3) is 4.42. The molecule has 5 heteroatoms. The molecule has 0 aromatic carbocycles. The van der Waals surface area contributed by atoms with Gasteiger partial charge in [-0.3, -0.25) is 10.3 Å². The van der Waals surface area contributed by atoms with E-state index in [9.17, 15) is 0 Å². The van der Waals surface area contributed by atoms with E-state index in [0.717, 1.165) is 12.1 Å². The number of hydrogen-bond acceptors (Lipinski definition) is 3. The van der Waals surface area contributed by atoms with E-state index in [1.165, 1.54) is 0 Å². The first-order valence-electron chi connectivity index (χ1n) is 6.07. The summed E-state index contributed by atoms with van der Waals surface area (Å²) in [6, 6.07) is 3.84. The SMILES string of the molecule is CC[C@@H](N=C(NC#N)Nc1ccncc1)C(C)C. The minimum absolute atomic E-state index is 0.190. The van der Waals surface area contributed by atoms with Crippen LogP contribution in [0.25, 0.3) is 0 Å². The second-order valence-corrected chi connectivity index (χ2v) is 4.30. The molecule has 0 spiro atoms. The Bertz CT molecular complexity index is 419. The summed E-state index contributed by atoms with van der Waals surface area (Å²) in [5, 5.41) is 14.4. The Hall–Kier alpha value is -2.09. The highest BCUT2D eigenvalue weighted by atomic mass is 15.2. The first-order valence-corrected chi connectivity index (χ1v) is 6.07. The Morgan fingerprint density at radius 1 is 1.44 bits per heavy atom. The molecule has 0 unspecified atom stereocenters. The molecule has 1 aromatic rings. The zero-order valence-corrected chi connectivity index (χ0v) is 11.0. The van der Waals surface area contributed by atoms with Gasteiger partial charge in [-0.15, -0.1) is 0 Å². The molecule has 18 heavy (non-hydrogen) atoms. The Labute approximate surface area is 108 Å². The molecule has 0 aliphatic carbocycles. The first-order chi connectivity index (χ1) is 8.67. The van der Waals surface area contributed by atoms with Gasteiger partial charge in [0.05, 0.1) is 6.04 Å². The molecule has 1 rings (SSSR count). The normalized spacial score (nSPS) is 12.9. The van der Waals surface area contributed by atoms with Crippen LogP contribution in [0.15, 0.2) is 29.5 Å². The summed E-state index contributed by atoms with van der Waals surface area (Å²) in [4.78, 5) is 8.47. The van der Waals surface area contributed by atoms with Crippen molar-refractivity contribution in [2.45, 2.75) is 33.2 Å². The molecular formula is C13H19N5. The lowest BCUT2D eigenvalue weighted by molar-refractivity contribution is 0.482. The van der Waals surface area contributed by atoms with Crippen LogP contribution in [-0.4, -0.2) is 17.0 Å². The van der Waals surface area contributed by atoms with E-state index in [1.807, 2.05) is 18.3 Å². The standard InChI is InChI=1S/C13H19N5/c1-4-12(10(2)3)18-13(16-9-14)17-11-5-7-15-8-6-11/h5-8,10,12H,4H2,1-3H3,(H2,15,16,17,18)/t12-/m1/s1. The number of nitriles is 1. The van der Waals surface area contributed by atoms with Gasteiger partial charge in [-0.05, 0) is 24.5 Å². The number of anilines is 1. The van der Waals surface area contributed by atoms with Crippen molar-refractivity contribution in [3.8, 4) is 6.19 Å². The summed E-state index contributed by atoms with van der Waals surface area (Å²) < 4.78 is 0. The zero-order chi connectivity index (χ0) is 13.4. The number of rotatable bonds is 4.